The summed E-state index contributed by atoms with van der Waals surface area (Å²) in [6.45, 7) is 2.49. The number of halogens is 2. The summed E-state index contributed by atoms with van der Waals surface area (Å²) in [6.07, 6.45) is 0.779. The highest BCUT2D eigenvalue weighted by Crippen LogP contribution is 2.19. The lowest BCUT2D eigenvalue weighted by atomic mass is 10.1. The van der Waals surface area contributed by atoms with E-state index in [0.717, 1.165) is 16.5 Å². The minimum Gasteiger partial charge on any atom is -0.338 e. The van der Waals surface area contributed by atoms with E-state index < -0.39 is 0 Å². The molecule has 0 aliphatic heterocycles. The van der Waals surface area contributed by atoms with Crippen molar-refractivity contribution in [2.45, 2.75) is 13.3 Å². The van der Waals surface area contributed by atoms with Crippen molar-refractivity contribution < 1.29 is 4.79 Å². The summed E-state index contributed by atoms with van der Waals surface area (Å²) in [5.74, 6) is 0. The molecule has 110 valence electrons. The van der Waals surface area contributed by atoms with Gasteiger partial charge in [0.05, 0.1) is 0 Å². The number of carbonyl (C=O) groups is 1. The van der Waals surface area contributed by atoms with E-state index in [1.165, 1.54) is 5.56 Å². The topological polar surface area (TPSA) is 41.1 Å². The molecule has 0 spiro atoms. The molecular formula is C16H16BrClN2O. The number of nitrogens with one attached hydrogen (secondary N) is 2. The van der Waals surface area contributed by atoms with Crippen LogP contribution in [0, 0.1) is 6.92 Å². The first-order valence-electron chi connectivity index (χ1n) is 6.60. The summed E-state index contributed by atoms with van der Waals surface area (Å²) < 4.78 is 1.04. The van der Waals surface area contributed by atoms with Gasteiger partial charge in [-0.3, -0.25) is 0 Å². The predicted molar refractivity (Wildman–Crippen MR) is 91.1 cm³/mol. The van der Waals surface area contributed by atoms with Gasteiger partial charge in [-0.25, -0.2) is 4.79 Å². The smallest absolute Gasteiger partial charge is 0.319 e. The number of hydrogen-bond acceptors (Lipinski definition) is 1. The van der Waals surface area contributed by atoms with Crippen LogP contribution in [0.25, 0.3) is 0 Å². The highest BCUT2D eigenvalue weighted by atomic mass is 79.9. The van der Waals surface area contributed by atoms with E-state index in [1.54, 1.807) is 6.07 Å². The van der Waals surface area contributed by atoms with E-state index in [1.807, 2.05) is 43.3 Å². The van der Waals surface area contributed by atoms with Crippen LogP contribution in [-0.4, -0.2) is 12.6 Å². The molecule has 2 rings (SSSR count). The lowest BCUT2D eigenvalue weighted by Crippen LogP contribution is -2.30. The van der Waals surface area contributed by atoms with Crippen molar-refractivity contribution in [1.82, 2.24) is 5.32 Å². The molecule has 21 heavy (non-hydrogen) atoms. The van der Waals surface area contributed by atoms with Gasteiger partial charge in [-0.05, 0) is 48.7 Å². The standard InChI is InChI=1S/C16H16BrClN2O/c1-11-5-6-14(10-15(11)18)20-16(21)19-8-7-12-3-2-4-13(17)9-12/h2-6,9-10H,7-8H2,1H3,(H2,19,20,21). The predicted octanol–water partition coefficient (Wildman–Crippen LogP) is 4.78. The Morgan fingerprint density at radius 2 is 2.05 bits per heavy atom. The molecule has 3 nitrogen and oxygen atoms in total. The molecular weight excluding hydrogens is 352 g/mol. The minimum atomic E-state index is -0.232. The van der Waals surface area contributed by atoms with E-state index >= 15 is 0 Å². The quantitative estimate of drug-likeness (QED) is 0.802. The number of carbonyl (C=O) groups excluding carboxylic acids is 1. The van der Waals surface area contributed by atoms with Crippen molar-refractivity contribution in [2.75, 3.05) is 11.9 Å². The van der Waals surface area contributed by atoms with Crippen LogP contribution in [-0.2, 0) is 6.42 Å². The second-order valence-electron chi connectivity index (χ2n) is 4.72. The monoisotopic (exact) mass is 366 g/mol. The third-order valence-electron chi connectivity index (χ3n) is 3.02. The second kappa shape index (κ2) is 7.48. The Morgan fingerprint density at radius 1 is 1.24 bits per heavy atom. The SMILES string of the molecule is Cc1ccc(NC(=O)NCCc2cccc(Br)c2)cc1Cl. The molecule has 0 aromatic heterocycles. The van der Waals surface area contributed by atoms with Crippen molar-refractivity contribution in [3.63, 3.8) is 0 Å². The Balaban J connectivity index is 1.81. The van der Waals surface area contributed by atoms with Gasteiger partial charge in [0.2, 0.25) is 0 Å². The molecule has 0 saturated carbocycles. The lowest BCUT2D eigenvalue weighted by molar-refractivity contribution is 0.252. The fourth-order valence-corrected chi connectivity index (χ4v) is 2.49. The third-order valence-corrected chi connectivity index (χ3v) is 3.92. The minimum absolute atomic E-state index is 0.232. The molecule has 0 radical (unpaired) electrons. The van der Waals surface area contributed by atoms with Gasteiger partial charge in [0, 0.05) is 21.7 Å². The Hall–Kier alpha value is -1.52. The van der Waals surface area contributed by atoms with Crippen molar-refractivity contribution in [3.05, 3.63) is 63.1 Å². The summed E-state index contributed by atoms with van der Waals surface area (Å²) in [5, 5.41) is 6.23. The van der Waals surface area contributed by atoms with Gasteiger partial charge in [0.1, 0.15) is 0 Å². The Morgan fingerprint density at radius 3 is 2.76 bits per heavy atom. The van der Waals surface area contributed by atoms with Crippen LogP contribution in [0.15, 0.2) is 46.9 Å². The Kier molecular flexibility index (Phi) is 5.65. The third kappa shape index (κ3) is 5.06. The fraction of sp³-hybridized carbons (Fsp3) is 0.188. The maximum Gasteiger partial charge on any atom is 0.319 e. The highest BCUT2D eigenvalue weighted by Gasteiger charge is 2.03. The van der Waals surface area contributed by atoms with Crippen LogP contribution in [0.4, 0.5) is 10.5 Å². The summed E-state index contributed by atoms with van der Waals surface area (Å²) in [7, 11) is 0. The molecule has 0 fully saturated rings. The molecule has 2 aromatic carbocycles. The molecule has 2 N–H and O–H groups in total. The number of rotatable bonds is 4. The normalized spacial score (nSPS) is 10.2. The van der Waals surface area contributed by atoms with Crippen LogP contribution < -0.4 is 10.6 Å². The van der Waals surface area contributed by atoms with E-state index in [0.29, 0.717) is 17.3 Å². The number of urea groups is 1. The van der Waals surface area contributed by atoms with Crippen molar-refractivity contribution in [1.29, 1.82) is 0 Å². The maximum absolute atomic E-state index is 11.8. The van der Waals surface area contributed by atoms with Crippen molar-refractivity contribution in [3.8, 4) is 0 Å². The first-order valence-corrected chi connectivity index (χ1v) is 7.77. The second-order valence-corrected chi connectivity index (χ2v) is 6.05. The number of aryl methyl sites for hydroxylation is 1. The molecule has 0 saturated heterocycles. The zero-order valence-corrected chi connectivity index (χ0v) is 14.0. The van der Waals surface area contributed by atoms with E-state index in [4.69, 9.17) is 11.6 Å². The average molecular weight is 368 g/mol. The van der Waals surface area contributed by atoms with E-state index in [2.05, 4.69) is 26.6 Å². The van der Waals surface area contributed by atoms with Crippen LogP contribution in [0.2, 0.25) is 5.02 Å². The highest BCUT2D eigenvalue weighted by molar-refractivity contribution is 9.10. The molecule has 0 unspecified atom stereocenters. The fourth-order valence-electron chi connectivity index (χ4n) is 1.86. The molecule has 2 amide bonds. The van der Waals surface area contributed by atoms with Crippen LogP contribution in [0.3, 0.4) is 0 Å². The van der Waals surface area contributed by atoms with Crippen molar-refractivity contribution >= 4 is 39.2 Å². The number of amides is 2. The molecule has 5 heteroatoms. The summed E-state index contributed by atoms with van der Waals surface area (Å²) in [5.41, 5.74) is 2.84. The Labute approximate surface area is 137 Å². The first-order chi connectivity index (χ1) is 10.0. The van der Waals surface area contributed by atoms with Gasteiger partial charge in [0.25, 0.3) is 0 Å². The molecule has 0 bridgehead atoms. The van der Waals surface area contributed by atoms with Crippen LogP contribution >= 0.6 is 27.5 Å². The number of benzene rings is 2. The largest absolute Gasteiger partial charge is 0.338 e. The van der Waals surface area contributed by atoms with Gasteiger partial charge in [-0.15, -0.1) is 0 Å². The molecule has 0 aliphatic rings. The molecule has 0 atom stereocenters. The first kappa shape index (κ1) is 15.9. The van der Waals surface area contributed by atoms with Crippen LogP contribution in [0.5, 0.6) is 0 Å². The van der Waals surface area contributed by atoms with Crippen molar-refractivity contribution in [2.24, 2.45) is 0 Å². The number of hydrogen-bond donors (Lipinski definition) is 2. The Bertz CT molecular complexity index is 646. The van der Waals surface area contributed by atoms with Gasteiger partial charge in [0.15, 0.2) is 0 Å². The zero-order chi connectivity index (χ0) is 15.2. The van der Waals surface area contributed by atoms with Gasteiger partial charge in [-0.2, -0.15) is 0 Å². The molecule has 0 aliphatic carbocycles. The summed E-state index contributed by atoms with van der Waals surface area (Å²) >= 11 is 9.45. The molecule has 2 aromatic rings. The summed E-state index contributed by atoms with van der Waals surface area (Å²) in [4.78, 5) is 11.8. The van der Waals surface area contributed by atoms with Gasteiger partial charge in [-0.1, -0.05) is 45.7 Å². The van der Waals surface area contributed by atoms with Crippen LogP contribution in [0.1, 0.15) is 11.1 Å². The maximum atomic E-state index is 11.8. The summed E-state index contributed by atoms with van der Waals surface area (Å²) in [6, 6.07) is 13.2. The zero-order valence-electron chi connectivity index (χ0n) is 11.6. The molecule has 0 heterocycles. The van der Waals surface area contributed by atoms with Gasteiger partial charge >= 0.3 is 6.03 Å². The van der Waals surface area contributed by atoms with E-state index in [-0.39, 0.29) is 6.03 Å². The average Bonchev–Trinajstić information content (AvgIpc) is 2.43. The number of anilines is 1. The lowest BCUT2D eigenvalue weighted by Gasteiger charge is -2.09. The van der Waals surface area contributed by atoms with Gasteiger partial charge < -0.3 is 10.6 Å². The van der Waals surface area contributed by atoms with E-state index in [9.17, 15) is 4.79 Å².